The number of ether oxygens (including phenoxy) is 2. The molecule has 1 amide bonds. The number of carbonyl (C=O) groups is 3. The Morgan fingerprint density at radius 3 is 2.03 bits per heavy atom. The molecule has 2 rings (SSSR count). The zero-order valence-electron chi connectivity index (χ0n) is 18.4. The van der Waals surface area contributed by atoms with Crippen LogP contribution in [0.2, 0.25) is 0 Å². The fourth-order valence-corrected chi connectivity index (χ4v) is 3.34. The van der Waals surface area contributed by atoms with E-state index in [1.54, 1.807) is 0 Å². The maximum atomic E-state index is 13.0. The first-order chi connectivity index (χ1) is 14.9. The molecule has 0 spiro atoms. The van der Waals surface area contributed by atoms with Crippen LogP contribution in [-0.2, 0) is 32.1 Å². The summed E-state index contributed by atoms with van der Waals surface area (Å²) in [7, 11) is 1.32. The Bertz CT molecular complexity index is 836. The van der Waals surface area contributed by atoms with Crippen molar-refractivity contribution >= 4 is 17.8 Å². The molecule has 0 bridgehead atoms. The minimum atomic E-state index is -0.730. The molecule has 6 heteroatoms. The van der Waals surface area contributed by atoms with Crippen LogP contribution in [0.1, 0.15) is 37.8 Å². The number of ketones is 1. The third-order valence-corrected chi connectivity index (χ3v) is 4.91. The molecule has 6 nitrogen and oxygen atoms in total. The Morgan fingerprint density at radius 1 is 0.903 bits per heavy atom. The van der Waals surface area contributed by atoms with E-state index in [1.807, 2.05) is 74.5 Å². The SMILES string of the molecule is COC(=O)[C@@H](CC(=O)[C@H](CC(C)C)NC(=O)OCc1ccccc1)Cc1ccccc1. The molecule has 0 aliphatic carbocycles. The highest BCUT2D eigenvalue weighted by Crippen LogP contribution is 2.18. The van der Waals surface area contributed by atoms with Gasteiger partial charge in [0.2, 0.25) is 0 Å². The highest BCUT2D eigenvalue weighted by molar-refractivity contribution is 5.90. The second-order valence-electron chi connectivity index (χ2n) is 7.97. The van der Waals surface area contributed by atoms with Gasteiger partial charge in [-0.25, -0.2) is 4.79 Å². The zero-order valence-corrected chi connectivity index (χ0v) is 18.4. The van der Waals surface area contributed by atoms with Crippen LogP contribution in [0.4, 0.5) is 4.79 Å². The van der Waals surface area contributed by atoms with Crippen LogP contribution in [0, 0.1) is 11.8 Å². The van der Waals surface area contributed by atoms with E-state index >= 15 is 0 Å². The van der Waals surface area contributed by atoms with Gasteiger partial charge in [0.05, 0.1) is 19.1 Å². The Hall–Kier alpha value is -3.15. The van der Waals surface area contributed by atoms with Crippen molar-refractivity contribution in [1.82, 2.24) is 5.32 Å². The fraction of sp³-hybridized carbons (Fsp3) is 0.400. The van der Waals surface area contributed by atoms with E-state index in [4.69, 9.17) is 9.47 Å². The Balaban J connectivity index is 2.01. The van der Waals surface area contributed by atoms with Gasteiger partial charge < -0.3 is 14.8 Å². The predicted molar refractivity (Wildman–Crippen MR) is 118 cm³/mol. The van der Waals surface area contributed by atoms with Gasteiger partial charge in [0, 0.05) is 6.42 Å². The van der Waals surface area contributed by atoms with E-state index in [0.29, 0.717) is 12.8 Å². The minimum Gasteiger partial charge on any atom is -0.469 e. The molecular formula is C25H31NO5. The summed E-state index contributed by atoms with van der Waals surface area (Å²) in [5, 5.41) is 2.68. The molecule has 0 fully saturated rings. The number of methoxy groups -OCH3 is 1. The monoisotopic (exact) mass is 425 g/mol. The number of rotatable bonds is 11. The lowest BCUT2D eigenvalue weighted by atomic mass is 9.90. The summed E-state index contributed by atoms with van der Waals surface area (Å²) in [6.45, 7) is 4.06. The maximum Gasteiger partial charge on any atom is 0.408 e. The van der Waals surface area contributed by atoms with Crippen molar-refractivity contribution in [2.45, 2.75) is 45.8 Å². The lowest BCUT2D eigenvalue weighted by Gasteiger charge is -2.22. The summed E-state index contributed by atoms with van der Waals surface area (Å²) in [5.41, 5.74) is 1.80. The van der Waals surface area contributed by atoms with Crippen molar-refractivity contribution < 1.29 is 23.9 Å². The molecule has 0 unspecified atom stereocenters. The number of alkyl carbamates (subject to hydrolysis) is 1. The highest BCUT2D eigenvalue weighted by atomic mass is 16.5. The molecule has 31 heavy (non-hydrogen) atoms. The predicted octanol–water partition coefficient (Wildman–Crippen LogP) is 4.32. The maximum absolute atomic E-state index is 13.0. The van der Waals surface area contributed by atoms with E-state index in [9.17, 15) is 14.4 Å². The van der Waals surface area contributed by atoms with Gasteiger partial charge in [-0.15, -0.1) is 0 Å². The molecular weight excluding hydrogens is 394 g/mol. The molecule has 0 radical (unpaired) electrons. The van der Waals surface area contributed by atoms with Gasteiger partial charge in [-0.1, -0.05) is 74.5 Å². The van der Waals surface area contributed by atoms with Crippen LogP contribution < -0.4 is 5.32 Å². The average molecular weight is 426 g/mol. The van der Waals surface area contributed by atoms with Crippen molar-refractivity contribution in [3.05, 3.63) is 71.8 Å². The third kappa shape index (κ3) is 8.62. The van der Waals surface area contributed by atoms with E-state index in [-0.39, 0.29) is 24.7 Å². The third-order valence-electron chi connectivity index (χ3n) is 4.91. The number of hydrogen-bond donors (Lipinski definition) is 1. The lowest BCUT2D eigenvalue weighted by molar-refractivity contribution is -0.147. The number of Topliss-reactive ketones (excluding diaryl/α,β-unsaturated/α-hetero) is 1. The van der Waals surface area contributed by atoms with Crippen molar-refractivity contribution in [1.29, 1.82) is 0 Å². The Kier molecular flexibility index (Phi) is 9.75. The van der Waals surface area contributed by atoms with E-state index in [0.717, 1.165) is 11.1 Å². The summed E-state index contributed by atoms with van der Waals surface area (Å²) >= 11 is 0. The molecule has 166 valence electrons. The van der Waals surface area contributed by atoms with Crippen molar-refractivity contribution in [2.75, 3.05) is 7.11 Å². The molecule has 2 aromatic rings. The second kappa shape index (κ2) is 12.5. The first kappa shape index (κ1) is 24.1. The van der Waals surface area contributed by atoms with E-state index in [1.165, 1.54) is 7.11 Å². The van der Waals surface area contributed by atoms with Crippen LogP contribution in [0.15, 0.2) is 60.7 Å². The first-order valence-electron chi connectivity index (χ1n) is 10.5. The van der Waals surface area contributed by atoms with Crippen LogP contribution in [0.5, 0.6) is 0 Å². The average Bonchev–Trinajstić information content (AvgIpc) is 2.77. The van der Waals surface area contributed by atoms with Gasteiger partial charge in [-0.2, -0.15) is 0 Å². The number of carbonyl (C=O) groups excluding carboxylic acids is 3. The van der Waals surface area contributed by atoms with Gasteiger partial charge in [0.25, 0.3) is 0 Å². The van der Waals surface area contributed by atoms with E-state index < -0.39 is 24.0 Å². The number of amides is 1. The van der Waals surface area contributed by atoms with Gasteiger partial charge >= 0.3 is 12.1 Å². The Labute approximate surface area is 183 Å². The van der Waals surface area contributed by atoms with Gasteiger partial charge in [-0.05, 0) is 29.9 Å². The van der Waals surface area contributed by atoms with Gasteiger partial charge in [0.15, 0.2) is 5.78 Å². The number of hydrogen-bond acceptors (Lipinski definition) is 5. The van der Waals surface area contributed by atoms with Crippen LogP contribution in [0.3, 0.4) is 0 Å². The summed E-state index contributed by atoms with van der Waals surface area (Å²) in [4.78, 5) is 37.6. The molecule has 0 aliphatic rings. The standard InChI is InChI=1S/C25H31NO5/c1-18(2)14-22(26-25(29)31-17-20-12-8-5-9-13-20)23(27)16-21(24(28)30-3)15-19-10-6-4-7-11-19/h4-13,18,21-22H,14-17H2,1-3H3,(H,26,29)/t21-,22+/m1/s1. The zero-order chi connectivity index (χ0) is 22.6. The molecule has 0 saturated heterocycles. The van der Waals surface area contributed by atoms with Crippen LogP contribution in [-0.4, -0.2) is 31.0 Å². The molecule has 0 aliphatic heterocycles. The fourth-order valence-electron chi connectivity index (χ4n) is 3.34. The van der Waals surface area contributed by atoms with Crippen molar-refractivity contribution in [3.8, 4) is 0 Å². The summed E-state index contributed by atoms with van der Waals surface area (Å²) in [6.07, 6.45) is 0.184. The summed E-state index contributed by atoms with van der Waals surface area (Å²) in [6, 6.07) is 18.1. The second-order valence-corrected chi connectivity index (χ2v) is 7.97. The smallest absolute Gasteiger partial charge is 0.408 e. The number of esters is 1. The molecule has 0 saturated carbocycles. The molecule has 2 aromatic carbocycles. The normalized spacial score (nSPS) is 12.6. The van der Waals surface area contributed by atoms with Crippen molar-refractivity contribution in [2.24, 2.45) is 11.8 Å². The van der Waals surface area contributed by atoms with Crippen LogP contribution in [0.25, 0.3) is 0 Å². The number of benzene rings is 2. The molecule has 1 N–H and O–H groups in total. The highest BCUT2D eigenvalue weighted by Gasteiger charge is 2.29. The minimum absolute atomic E-state index is 0.0160. The van der Waals surface area contributed by atoms with Crippen molar-refractivity contribution in [3.63, 3.8) is 0 Å². The largest absolute Gasteiger partial charge is 0.469 e. The summed E-state index contributed by atoms with van der Waals surface area (Å²) in [5.74, 6) is -1.09. The first-order valence-corrected chi connectivity index (χ1v) is 10.5. The lowest BCUT2D eigenvalue weighted by Crippen LogP contribution is -2.43. The van der Waals surface area contributed by atoms with E-state index in [2.05, 4.69) is 5.32 Å². The quantitative estimate of drug-likeness (QED) is 0.542. The molecule has 0 heterocycles. The van der Waals surface area contributed by atoms with Gasteiger partial charge in [0.1, 0.15) is 6.61 Å². The molecule has 2 atom stereocenters. The number of nitrogens with one attached hydrogen (secondary N) is 1. The van der Waals surface area contributed by atoms with Gasteiger partial charge in [-0.3, -0.25) is 9.59 Å². The topological polar surface area (TPSA) is 81.7 Å². The van der Waals surface area contributed by atoms with Crippen LogP contribution >= 0.6 is 0 Å². The summed E-state index contributed by atoms with van der Waals surface area (Å²) < 4.78 is 10.2. The molecule has 0 aromatic heterocycles. The Morgan fingerprint density at radius 2 is 1.48 bits per heavy atom.